The molecule has 3 rings (SSSR count). The van der Waals surface area contributed by atoms with E-state index in [-0.39, 0.29) is 24.5 Å². The standard InChI is InChI=1S/C25H25N3O3/c1-18-8-6-7-11-23(18)25(30)28-26-16-20-12-14-22(15-13-20)31-17-24(29)27-19(2)21-9-4-3-5-10-21/h3-16,19H,17H2,1-2H3,(H,27,29)(H,28,30)/b26-16-/t19-/m1/s1. The van der Waals surface area contributed by atoms with Crippen LogP contribution < -0.4 is 15.5 Å². The Hall–Kier alpha value is -3.93. The van der Waals surface area contributed by atoms with Crippen molar-refractivity contribution in [2.45, 2.75) is 19.9 Å². The van der Waals surface area contributed by atoms with Crippen molar-refractivity contribution < 1.29 is 14.3 Å². The van der Waals surface area contributed by atoms with Crippen LogP contribution >= 0.6 is 0 Å². The highest BCUT2D eigenvalue weighted by atomic mass is 16.5. The van der Waals surface area contributed by atoms with Crippen molar-refractivity contribution >= 4 is 18.0 Å². The van der Waals surface area contributed by atoms with Crippen molar-refractivity contribution in [2.75, 3.05) is 6.61 Å². The molecule has 0 aliphatic carbocycles. The fourth-order valence-corrected chi connectivity index (χ4v) is 2.96. The Kier molecular flexibility index (Phi) is 7.54. The van der Waals surface area contributed by atoms with E-state index in [2.05, 4.69) is 15.8 Å². The number of hydrazone groups is 1. The number of hydrogen-bond acceptors (Lipinski definition) is 4. The van der Waals surface area contributed by atoms with Crippen LogP contribution in [0.25, 0.3) is 0 Å². The van der Waals surface area contributed by atoms with Gasteiger partial charge in [-0.1, -0.05) is 48.5 Å². The minimum absolute atomic E-state index is 0.0723. The van der Waals surface area contributed by atoms with Gasteiger partial charge in [0.2, 0.25) is 0 Å². The molecule has 31 heavy (non-hydrogen) atoms. The van der Waals surface area contributed by atoms with Gasteiger partial charge in [-0.2, -0.15) is 5.10 Å². The van der Waals surface area contributed by atoms with Gasteiger partial charge in [0.1, 0.15) is 5.75 Å². The summed E-state index contributed by atoms with van der Waals surface area (Å²) in [6.45, 7) is 3.73. The van der Waals surface area contributed by atoms with Crippen molar-refractivity contribution in [3.05, 3.63) is 101 Å². The summed E-state index contributed by atoms with van der Waals surface area (Å²) in [5, 5.41) is 6.90. The number of carbonyl (C=O) groups is 2. The molecule has 158 valence electrons. The van der Waals surface area contributed by atoms with E-state index in [9.17, 15) is 9.59 Å². The van der Waals surface area contributed by atoms with Gasteiger partial charge in [-0.15, -0.1) is 0 Å². The van der Waals surface area contributed by atoms with E-state index in [1.165, 1.54) is 0 Å². The van der Waals surface area contributed by atoms with E-state index < -0.39 is 0 Å². The summed E-state index contributed by atoms with van der Waals surface area (Å²) in [4.78, 5) is 24.3. The summed E-state index contributed by atoms with van der Waals surface area (Å²) in [7, 11) is 0. The molecule has 0 spiro atoms. The van der Waals surface area contributed by atoms with Crippen molar-refractivity contribution in [1.82, 2.24) is 10.7 Å². The summed E-state index contributed by atoms with van der Waals surface area (Å²) in [6, 6.07) is 24.1. The van der Waals surface area contributed by atoms with Crippen molar-refractivity contribution in [3.63, 3.8) is 0 Å². The highest BCUT2D eigenvalue weighted by Crippen LogP contribution is 2.13. The first-order chi connectivity index (χ1) is 15.0. The van der Waals surface area contributed by atoms with Gasteiger partial charge < -0.3 is 10.1 Å². The van der Waals surface area contributed by atoms with Gasteiger partial charge in [-0.05, 0) is 60.9 Å². The van der Waals surface area contributed by atoms with Gasteiger partial charge >= 0.3 is 0 Å². The van der Waals surface area contributed by atoms with Gasteiger partial charge in [0, 0.05) is 5.56 Å². The molecule has 2 N–H and O–H groups in total. The van der Waals surface area contributed by atoms with Gasteiger partial charge in [0.25, 0.3) is 11.8 Å². The molecular formula is C25H25N3O3. The minimum atomic E-state index is -0.259. The van der Waals surface area contributed by atoms with E-state index in [1.54, 1.807) is 36.5 Å². The second kappa shape index (κ2) is 10.7. The van der Waals surface area contributed by atoms with Gasteiger partial charge in [-0.25, -0.2) is 5.43 Å². The largest absolute Gasteiger partial charge is 0.484 e. The predicted molar refractivity (Wildman–Crippen MR) is 121 cm³/mol. The first kappa shape index (κ1) is 21.8. The van der Waals surface area contributed by atoms with E-state index in [1.807, 2.05) is 62.4 Å². The lowest BCUT2D eigenvalue weighted by molar-refractivity contribution is -0.123. The molecule has 3 aromatic carbocycles. The minimum Gasteiger partial charge on any atom is -0.484 e. The van der Waals surface area contributed by atoms with Gasteiger partial charge in [-0.3, -0.25) is 9.59 Å². The second-order valence-corrected chi connectivity index (χ2v) is 7.07. The second-order valence-electron chi connectivity index (χ2n) is 7.07. The Bertz CT molecular complexity index is 1050. The molecule has 0 saturated carbocycles. The van der Waals surface area contributed by atoms with Crippen LogP contribution in [0.5, 0.6) is 5.75 Å². The number of amides is 2. The topological polar surface area (TPSA) is 79.8 Å². The third kappa shape index (κ3) is 6.54. The quantitative estimate of drug-likeness (QED) is 0.431. The number of nitrogens with zero attached hydrogens (tertiary/aromatic N) is 1. The normalized spacial score (nSPS) is 11.7. The molecule has 0 saturated heterocycles. The Balaban J connectivity index is 1.45. The summed E-state index contributed by atoms with van der Waals surface area (Å²) in [6.07, 6.45) is 1.55. The van der Waals surface area contributed by atoms with Crippen molar-refractivity contribution in [2.24, 2.45) is 5.10 Å². The number of benzene rings is 3. The van der Waals surface area contributed by atoms with Crippen LogP contribution in [0.15, 0.2) is 84.0 Å². The molecule has 6 nitrogen and oxygen atoms in total. The molecule has 0 bridgehead atoms. The molecule has 6 heteroatoms. The summed E-state index contributed by atoms with van der Waals surface area (Å²) >= 11 is 0. The average Bonchev–Trinajstić information content (AvgIpc) is 2.79. The third-order valence-corrected chi connectivity index (χ3v) is 4.70. The maximum Gasteiger partial charge on any atom is 0.271 e. The predicted octanol–water partition coefficient (Wildman–Crippen LogP) is 4.02. The van der Waals surface area contributed by atoms with Crippen LogP contribution in [0.1, 0.15) is 40.0 Å². The van der Waals surface area contributed by atoms with Crippen molar-refractivity contribution in [1.29, 1.82) is 0 Å². The summed E-state index contributed by atoms with van der Waals surface area (Å²) in [5.74, 6) is 0.120. The number of rotatable bonds is 8. The van der Waals surface area contributed by atoms with Gasteiger partial charge in [0.05, 0.1) is 12.3 Å². The summed E-state index contributed by atoms with van der Waals surface area (Å²) < 4.78 is 5.55. The van der Waals surface area contributed by atoms with Crippen molar-refractivity contribution in [3.8, 4) is 5.75 Å². The highest BCUT2D eigenvalue weighted by molar-refractivity contribution is 5.96. The number of ether oxygens (including phenoxy) is 1. The molecule has 0 aliphatic heterocycles. The Labute approximate surface area is 182 Å². The molecule has 0 unspecified atom stereocenters. The molecule has 2 amide bonds. The zero-order valence-electron chi connectivity index (χ0n) is 17.5. The SMILES string of the molecule is Cc1ccccc1C(=O)N/N=C\c1ccc(OCC(=O)N[C@H](C)c2ccccc2)cc1. The number of aryl methyl sites for hydroxylation is 1. The Morgan fingerprint density at radius 1 is 0.968 bits per heavy atom. The lowest BCUT2D eigenvalue weighted by atomic mass is 10.1. The Morgan fingerprint density at radius 3 is 2.35 bits per heavy atom. The van der Waals surface area contributed by atoms with E-state index in [0.29, 0.717) is 11.3 Å². The monoisotopic (exact) mass is 415 g/mol. The van der Waals surface area contributed by atoms with E-state index in [0.717, 1.165) is 16.7 Å². The lowest BCUT2D eigenvalue weighted by Crippen LogP contribution is -2.31. The first-order valence-corrected chi connectivity index (χ1v) is 9.99. The number of hydrogen-bond donors (Lipinski definition) is 2. The molecule has 1 atom stereocenters. The lowest BCUT2D eigenvalue weighted by Gasteiger charge is -2.14. The smallest absolute Gasteiger partial charge is 0.271 e. The van der Waals surface area contributed by atoms with Crippen LogP contribution in [-0.4, -0.2) is 24.6 Å². The molecular weight excluding hydrogens is 390 g/mol. The van der Waals surface area contributed by atoms with Crippen LogP contribution in [0.3, 0.4) is 0 Å². The Morgan fingerprint density at radius 2 is 1.65 bits per heavy atom. The highest BCUT2D eigenvalue weighted by Gasteiger charge is 2.10. The fourth-order valence-electron chi connectivity index (χ4n) is 2.96. The van der Waals surface area contributed by atoms with Crippen LogP contribution in [-0.2, 0) is 4.79 Å². The summed E-state index contributed by atoms with van der Waals surface area (Å²) in [5.41, 5.74) is 5.82. The third-order valence-electron chi connectivity index (χ3n) is 4.70. The number of nitrogens with one attached hydrogen (secondary N) is 2. The van der Waals surface area contributed by atoms with E-state index in [4.69, 9.17) is 4.74 Å². The maximum absolute atomic E-state index is 12.1. The van der Waals surface area contributed by atoms with Crippen LogP contribution in [0.2, 0.25) is 0 Å². The molecule has 3 aromatic rings. The molecule has 0 aromatic heterocycles. The maximum atomic E-state index is 12.1. The van der Waals surface area contributed by atoms with Crippen LogP contribution in [0.4, 0.5) is 0 Å². The molecule has 0 fully saturated rings. The average molecular weight is 415 g/mol. The first-order valence-electron chi connectivity index (χ1n) is 9.99. The fraction of sp³-hybridized carbons (Fsp3) is 0.160. The van der Waals surface area contributed by atoms with Gasteiger partial charge in [0.15, 0.2) is 6.61 Å². The zero-order valence-corrected chi connectivity index (χ0v) is 17.5. The number of carbonyl (C=O) groups excluding carboxylic acids is 2. The molecule has 0 radical (unpaired) electrons. The van der Waals surface area contributed by atoms with Crippen LogP contribution in [0, 0.1) is 6.92 Å². The molecule has 0 heterocycles. The van der Waals surface area contributed by atoms with E-state index >= 15 is 0 Å². The zero-order chi connectivity index (χ0) is 22.1. The molecule has 0 aliphatic rings.